The molecular formula is C23H23F3N4O3S. The molecule has 1 atom stereocenters. The van der Waals surface area contributed by atoms with Gasteiger partial charge in [0.2, 0.25) is 5.91 Å². The molecule has 1 aliphatic rings. The van der Waals surface area contributed by atoms with Gasteiger partial charge in [0.15, 0.2) is 0 Å². The molecule has 3 heterocycles. The van der Waals surface area contributed by atoms with Crippen molar-refractivity contribution in [2.24, 2.45) is 5.92 Å². The molecule has 1 aromatic carbocycles. The average molecular weight is 493 g/mol. The molecule has 34 heavy (non-hydrogen) atoms. The van der Waals surface area contributed by atoms with Crippen LogP contribution < -0.4 is 10.9 Å². The Morgan fingerprint density at radius 1 is 1.24 bits per heavy atom. The normalized spacial score (nSPS) is 16.6. The Balaban J connectivity index is 1.55. The Morgan fingerprint density at radius 2 is 1.94 bits per heavy atom. The molecule has 0 aliphatic carbocycles. The molecule has 4 rings (SSSR count). The molecule has 11 heteroatoms. The first-order valence-corrected chi connectivity index (χ1v) is 11.6. The number of hydrogen-bond acceptors (Lipinski definition) is 5. The molecule has 2 aromatic heterocycles. The topological polar surface area (TPSA) is 84.3 Å². The Bertz CT molecular complexity index is 1300. The second-order valence-corrected chi connectivity index (χ2v) is 9.53. The van der Waals surface area contributed by atoms with Crippen molar-refractivity contribution < 1.29 is 22.8 Å². The van der Waals surface area contributed by atoms with E-state index < -0.39 is 23.2 Å². The highest BCUT2D eigenvalue weighted by Gasteiger charge is 2.30. The molecule has 7 nitrogen and oxygen atoms in total. The second kappa shape index (κ2) is 9.21. The maximum atomic E-state index is 13.1. The van der Waals surface area contributed by atoms with Crippen LogP contribution in [0, 0.1) is 12.8 Å². The van der Waals surface area contributed by atoms with Gasteiger partial charge in [0, 0.05) is 18.8 Å². The van der Waals surface area contributed by atoms with Crippen molar-refractivity contribution in [1.82, 2.24) is 14.5 Å². The predicted molar refractivity (Wildman–Crippen MR) is 123 cm³/mol. The largest absolute Gasteiger partial charge is 0.416 e. The summed E-state index contributed by atoms with van der Waals surface area (Å²) in [5.74, 6) is -0.285. The minimum Gasteiger partial charge on any atom is -0.341 e. The smallest absolute Gasteiger partial charge is 0.341 e. The zero-order valence-electron chi connectivity index (χ0n) is 18.6. The number of nitrogens with one attached hydrogen (secondary N) is 1. The van der Waals surface area contributed by atoms with Crippen LogP contribution in [-0.4, -0.2) is 39.4 Å². The van der Waals surface area contributed by atoms with Crippen molar-refractivity contribution in [2.75, 3.05) is 18.4 Å². The summed E-state index contributed by atoms with van der Waals surface area (Å²) in [6, 6.07) is 4.10. The van der Waals surface area contributed by atoms with Crippen LogP contribution in [0.25, 0.3) is 10.2 Å². The van der Waals surface area contributed by atoms with Gasteiger partial charge >= 0.3 is 6.18 Å². The first kappa shape index (κ1) is 23.9. The molecular weight excluding hydrogens is 469 g/mol. The number of alkyl halides is 3. The number of thiophene rings is 1. The van der Waals surface area contributed by atoms with Gasteiger partial charge in [-0.15, -0.1) is 11.3 Å². The van der Waals surface area contributed by atoms with E-state index in [4.69, 9.17) is 0 Å². The van der Waals surface area contributed by atoms with E-state index in [-0.39, 0.29) is 28.4 Å². The molecule has 1 aliphatic heterocycles. The van der Waals surface area contributed by atoms with E-state index in [2.05, 4.69) is 17.2 Å². The molecule has 0 radical (unpaired) electrons. The van der Waals surface area contributed by atoms with Gasteiger partial charge < -0.3 is 10.2 Å². The summed E-state index contributed by atoms with van der Waals surface area (Å²) >= 11 is 1.02. The number of aromatic nitrogens is 2. The fraction of sp³-hybridized carbons (Fsp3) is 0.391. The summed E-state index contributed by atoms with van der Waals surface area (Å²) in [7, 11) is 0. The van der Waals surface area contributed by atoms with E-state index in [0.717, 1.165) is 36.3 Å². The number of carbonyl (C=O) groups excluding carboxylic acids is 2. The van der Waals surface area contributed by atoms with E-state index in [9.17, 15) is 27.6 Å². The Morgan fingerprint density at radius 3 is 2.59 bits per heavy atom. The number of aryl methyl sites for hydroxylation is 1. The summed E-state index contributed by atoms with van der Waals surface area (Å²) in [6.45, 7) is 4.90. The van der Waals surface area contributed by atoms with Gasteiger partial charge in [0.1, 0.15) is 11.4 Å². The third kappa shape index (κ3) is 4.84. The maximum Gasteiger partial charge on any atom is 0.416 e. The van der Waals surface area contributed by atoms with Gasteiger partial charge in [-0.3, -0.25) is 19.0 Å². The van der Waals surface area contributed by atoms with Crippen LogP contribution in [0.15, 0.2) is 35.4 Å². The van der Waals surface area contributed by atoms with E-state index in [1.54, 1.807) is 11.8 Å². The average Bonchev–Trinajstić information content (AvgIpc) is 3.12. The van der Waals surface area contributed by atoms with Crippen LogP contribution >= 0.6 is 11.3 Å². The van der Waals surface area contributed by atoms with Gasteiger partial charge in [-0.05, 0) is 55.5 Å². The predicted octanol–water partition coefficient (Wildman–Crippen LogP) is 4.30. The lowest BCUT2D eigenvalue weighted by Gasteiger charge is -2.31. The molecule has 0 saturated carbocycles. The van der Waals surface area contributed by atoms with Crippen molar-refractivity contribution in [1.29, 1.82) is 0 Å². The molecule has 180 valence electrons. The highest BCUT2D eigenvalue weighted by Crippen LogP contribution is 2.31. The molecule has 1 saturated heterocycles. The van der Waals surface area contributed by atoms with Crippen LogP contribution in [0.5, 0.6) is 0 Å². The van der Waals surface area contributed by atoms with Crippen LogP contribution in [0.2, 0.25) is 0 Å². The van der Waals surface area contributed by atoms with E-state index >= 15 is 0 Å². The third-order valence-corrected chi connectivity index (χ3v) is 7.11. The van der Waals surface area contributed by atoms with Crippen LogP contribution in [0.3, 0.4) is 0 Å². The fourth-order valence-corrected chi connectivity index (χ4v) is 5.12. The second-order valence-electron chi connectivity index (χ2n) is 8.53. The highest BCUT2D eigenvalue weighted by atomic mass is 32.1. The number of halogens is 3. The van der Waals surface area contributed by atoms with Gasteiger partial charge in [-0.25, -0.2) is 4.98 Å². The van der Waals surface area contributed by atoms with Crippen molar-refractivity contribution >= 4 is 39.1 Å². The number of rotatable bonds is 4. The Labute approximate surface area is 197 Å². The Hall–Kier alpha value is -3.21. The summed E-state index contributed by atoms with van der Waals surface area (Å²) in [5, 5.41) is 2.81. The minimum atomic E-state index is -4.47. The van der Waals surface area contributed by atoms with Gasteiger partial charge in [-0.2, -0.15) is 13.2 Å². The highest BCUT2D eigenvalue weighted by molar-refractivity contribution is 7.20. The van der Waals surface area contributed by atoms with Gasteiger partial charge in [0.05, 0.1) is 22.2 Å². The van der Waals surface area contributed by atoms with Crippen molar-refractivity contribution in [2.45, 2.75) is 39.4 Å². The summed E-state index contributed by atoms with van der Waals surface area (Å²) in [4.78, 5) is 45.2. The van der Waals surface area contributed by atoms with Crippen LogP contribution in [0.4, 0.5) is 18.9 Å². The van der Waals surface area contributed by atoms with Crippen LogP contribution in [0.1, 0.15) is 40.6 Å². The molecule has 2 amide bonds. The van der Waals surface area contributed by atoms with E-state index in [0.29, 0.717) is 29.4 Å². The summed E-state index contributed by atoms with van der Waals surface area (Å²) in [6.07, 6.45) is -1.16. The monoisotopic (exact) mass is 492 g/mol. The number of likely N-dealkylation sites (tertiary alicyclic amines) is 1. The lowest BCUT2D eigenvalue weighted by molar-refractivity contribution is -0.137. The fourth-order valence-electron chi connectivity index (χ4n) is 4.08. The third-order valence-electron chi connectivity index (χ3n) is 5.91. The number of benzene rings is 1. The maximum absolute atomic E-state index is 13.1. The van der Waals surface area contributed by atoms with Gasteiger partial charge in [-0.1, -0.05) is 6.92 Å². The number of hydrogen-bond donors (Lipinski definition) is 1. The number of amides is 2. The Kier molecular flexibility index (Phi) is 6.48. The number of piperidine rings is 1. The molecule has 1 unspecified atom stereocenters. The number of fused-ring (bicyclic) bond motifs is 1. The first-order valence-electron chi connectivity index (χ1n) is 10.8. The molecule has 1 N–H and O–H groups in total. The number of carbonyl (C=O) groups is 2. The molecule has 0 bridgehead atoms. The zero-order chi connectivity index (χ0) is 24.6. The number of nitrogens with zero attached hydrogens (tertiary/aromatic N) is 3. The summed E-state index contributed by atoms with van der Waals surface area (Å²) in [5.41, 5.74) is -0.621. The molecule has 0 spiro atoms. The summed E-state index contributed by atoms with van der Waals surface area (Å²) < 4.78 is 39.5. The molecule has 1 fully saturated rings. The van der Waals surface area contributed by atoms with Crippen LogP contribution in [-0.2, 0) is 17.5 Å². The van der Waals surface area contributed by atoms with E-state index in [1.165, 1.54) is 23.0 Å². The SMILES string of the molecule is Cc1c(C(=O)Nc2ccc(C(F)(F)F)cc2)sc2ncn(CC(=O)N3CCCC(C)C3)c(=O)c12. The first-order chi connectivity index (χ1) is 16.0. The zero-order valence-corrected chi connectivity index (χ0v) is 19.4. The minimum absolute atomic E-state index is 0.128. The van der Waals surface area contributed by atoms with Gasteiger partial charge in [0.25, 0.3) is 11.5 Å². The van der Waals surface area contributed by atoms with Crippen molar-refractivity contribution in [3.8, 4) is 0 Å². The number of anilines is 1. The van der Waals surface area contributed by atoms with Crippen molar-refractivity contribution in [3.63, 3.8) is 0 Å². The standard InChI is InChI=1S/C23H23F3N4O3S/c1-13-4-3-9-29(10-13)17(31)11-30-12-27-21-18(22(30)33)14(2)19(34-21)20(32)28-16-7-5-15(6-8-16)23(24,25)26/h5-8,12-13H,3-4,9-11H2,1-2H3,(H,28,32). The lowest BCUT2D eigenvalue weighted by Crippen LogP contribution is -2.42. The van der Waals surface area contributed by atoms with E-state index in [1.807, 2.05) is 0 Å². The lowest BCUT2D eigenvalue weighted by atomic mass is 10.0. The molecule has 3 aromatic rings. The van der Waals surface area contributed by atoms with Crippen molar-refractivity contribution in [3.05, 3.63) is 57.0 Å². The quantitative estimate of drug-likeness (QED) is 0.589.